The summed E-state index contributed by atoms with van der Waals surface area (Å²) in [7, 11) is 0. The topological polar surface area (TPSA) is 71.5 Å². The minimum absolute atomic E-state index is 0.0240. The molecule has 2 N–H and O–H groups in total. The number of amides is 1. The third-order valence-corrected chi connectivity index (χ3v) is 5.83. The standard InChI is InChI=1S/C21H20F4N2O3/c1-11-4-13(21(23,24)25)7-14(5-11)27-19(29)20(9-12-2-3-26-18(22)6-12)10-16-15(28)8-17(20)30-16/h2-7,15-17,28H,8-10H2,1H3,(H,27,29)/t15-,16+,17+,20-/m0/s1. The van der Waals surface area contributed by atoms with Gasteiger partial charge in [-0.25, -0.2) is 4.98 Å². The van der Waals surface area contributed by atoms with Gasteiger partial charge in [-0.1, -0.05) is 0 Å². The summed E-state index contributed by atoms with van der Waals surface area (Å²) in [6.07, 6.45) is -4.60. The number of aliphatic hydroxyl groups is 1. The fraction of sp³-hybridized carbons (Fsp3) is 0.429. The number of hydrogen-bond acceptors (Lipinski definition) is 4. The van der Waals surface area contributed by atoms with Crippen LogP contribution in [-0.4, -0.2) is 34.3 Å². The lowest BCUT2D eigenvalue weighted by Gasteiger charge is -2.35. The predicted molar refractivity (Wildman–Crippen MR) is 99.0 cm³/mol. The SMILES string of the molecule is Cc1cc(NC(=O)[C@@]2(Cc3ccnc(F)c3)C[C@H]3O[C@@H]2C[C@@H]3O)cc(C(F)(F)F)c1. The summed E-state index contributed by atoms with van der Waals surface area (Å²) in [6, 6.07) is 6.13. The largest absolute Gasteiger partial charge is 0.416 e. The molecule has 3 heterocycles. The number of nitrogens with zero attached hydrogens (tertiary/aromatic N) is 1. The van der Waals surface area contributed by atoms with E-state index in [1.807, 2.05) is 0 Å². The molecular formula is C21H20F4N2O3. The Labute approximate surface area is 170 Å². The van der Waals surface area contributed by atoms with Gasteiger partial charge in [0.1, 0.15) is 0 Å². The monoisotopic (exact) mass is 424 g/mol. The molecule has 0 spiro atoms. The van der Waals surface area contributed by atoms with Crippen molar-refractivity contribution < 1.29 is 32.2 Å². The van der Waals surface area contributed by atoms with E-state index in [-0.39, 0.29) is 24.9 Å². The van der Waals surface area contributed by atoms with Crippen LogP contribution in [0, 0.1) is 18.3 Å². The molecule has 9 heteroatoms. The summed E-state index contributed by atoms with van der Waals surface area (Å²) in [6.45, 7) is 1.51. The summed E-state index contributed by atoms with van der Waals surface area (Å²) in [5.74, 6) is -1.21. The van der Waals surface area contributed by atoms with Gasteiger partial charge in [0.25, 0.3) is 0 Å². The number of nitrogens with one attached hydrogen (secondary N) is 1. The molecule has 2 aliphatic heterocycles. The quantitative estimate of drug-likeness (QED) is 0.581. The van der Waals surface area contributed by atoms with E-state index in [0.29, 0.717) is 11.1 Å². The van der Waals surface area contributed by atoms with E-state index in [4.69, 9.17) is 4.74 Å². The van der Waals surface area contributed by atoms with Crippen molar-refractivity contribution in [2.24, 2.45) is 5.41 Å². The first-order chi connectivity index (χ1) is 14.1. The Bertz CT molecular complexity index is 979. The van der Waals surface area contributed by atoms with Gasteiger partial charge in [0.2, 0.25) is 11.9 Å². The molecular weight excluding hydrogens is 404 g/mol. The maximum atomic E-state index is 13.6. The number of ether oxygens (including phenoxy) is 1. The normalized spacial score (nSPS) is 28.0. The van der Waals surface area contributed by atoms with Crippen molar-refractivity contribution in [1.82, 2.24) is 4.98 Å². The molecule has 30 heavy (non-hydrogen) atoms. The highest BCUT2D eigenvalue weighted by Gasteiger charge is 2.60. The van der Waals surface area contributed by atoms with Gasteiger partial charge in [-0.3, -0.25) is 4.79 Å². The maximum absolute atomic E-state index is 13.6. The molecule has 4 atom stereocenters. The first-order valence-electron chi connectivity index (χ1n) is 9.51. The summed E-state index contributed by atoms with van der Waals surface area (Å²) in [5.41, 5.74) is -1.10. The molecule has 2 aliphatic rings. The average molecular weight is 424 g/mol. The number of halogens is 4. The lowest BCUT2D eigenvalue weighted by molar-refractivity contribution is -0.137. The minimum atomic E-state index is -4.54. The number of alkyl halides is 3. The Hall–Kier alpha value is -2.52. The highest BCUT2D eigenvalue weighted by Crippen LogP contribution is 2.50. The van der Waals surface area contributed by atoms with Crippen molar-refractivity contribution in [2.75, 3.05) is 5.32 Å². The van der Waals surface area contributed by atoms with Gasteiger partial charge in [0.05, 0.1) is 29.3 Å². The van der Waals surface area contributed by atoms with Crippen LogP contribution in [-0.2, 0) is 22.1 Å². The summed E-state index contributed by atoms with van der Waals surface area (Å²) in [4.78, 5) is 16.8. The Morgan fingerprint density at radius 2 is 2.10 bits per heavy atom. The molecule has 2 fully saturated rings. The fourth-order valence-electron chi connectivity index (χ4n) is 4.46. The molecule has 0 saturated carbocycles. The molecule has 1 aromatic carbocycles. The van der Waals surface area contributed by atoms with E-state index in [9.17, 15) is 27.5 Å². The van der Waals surface area contributed by atoms with Gasteiger partial charge in [-0.2, -0.15) is 17.6 Å². The molecule has 2 bridgehead atoms. The van der Waals surface area contributed by atoms with Crippen molar-refractivity contribution in [3.05, 3.63) is 59.2 Å². The predicted octanol–water partition coefficient (Wildman–Crippen LogP) is 3.64. The lowest BCUT2D eigenvalue weighted by Crippen LogP contribution is -2.48. The molecule has 0 unspecified atom stereocenters. The van der Waals surface area contributed by atoms with Crippen LogP contribution in [0.1, 0.15) is 29.5 Å². The van der Waals surface area contributed by atoms with E-state index in [1.165, 1.54) is 25.3 Å². The number of hydrogen-bond donors (Lipinski definition) is 2. The van der Waals surface area contributed by atoms with Crippen LogP contribution in [0.4, 0.5) is 23.2 Å². The number of pyridine rings is 1. The summed E-state index contributed by atoms with van der Waals surface area (Å²) < 4.78 is 58.8. The average Bonchev–Trinajstić information content (AvgIpc) is 3.18. The number of carbonyl (C=O) groups is 1. The summed E-state index contributed by atoms with van der Waals surface area (Å²) >= 11 is 0. The zero-order chi connectivity index (χ0) is 21.7. The molecule has 0 aliphatic carbocycles. The molecule has 4 rings (SSSR count). The van der Waals surface area contributed by atoms with Crippen LogP contribution in [0.5, 0.6) is 0 Å². The van der Waals surface area contributed by atoms with Gasteiger partial charge in [0, 0.05) is 18.3 Å². The van der Waals surface area contributed by atoms with Crippen molar-refractivity contribution in [3.8, 4) is 0 Å². The Morgan fingerprint density at radius 1 is 1.33 bits per heavy atom. The van der Waals surface area contributed by atoms with Gasteiger partial charge in [-0.05, 0) is 61.2 Å². The van der Waals surface area contributed by atoms with Crippen LogP contribution < -0.4 is 5.32 Å². The number of rotatable bonds is 4. The highest BCUT2D eigenvalue weighted by atomic mass is 19.4. The van der Waals surface area contributed by atoms with E-state index >= 15 is 0 Å². The molecule has 0 radical (unpaired) electrons. The Morgan fingerprint density at radius 3 is 2.70 bits per heavy atom. The van der Waals surface area contributed by atoms with Crippen LogP contribution in [0.3, 0.4) is 0 Å². The molecule has 1 amide bonds. The van der Waals surface area contributed by atoms with Crippen molar-refractivity contribution in [3.63, 3.8) is 0 Å². The second-order valence-corrected chi connectivity index (χ2v) is 8.03. The number of benzene rings is 1. The van der Waals surface area contributed by atoms with E-state index in [1.54, 1.807) is 6.07 Å². The molecule has 5 nitrogen and oxygen atoms in total. The first-order valence-corrected chi connectivity index (χ1v) is 9.51. The smallest absolute Gasteiger partial charge is 0.390 e. The van der Waals surface area contributed by atoms with Gasteiger partial charge < -0.3 is 15.2 Å². The fourth-order valence-corrected chi connectivity index (χ4v) is 4.46. The van der Waals surface area contributed by atoms with E-state index in [2.05, 4.69) is 10.3 Å². The number of aromatic nitrogens is 1. The maximum Gasteiger partial charge on any atom is 0.416 e. The number of carbonyl (C=O) groups excluding carboxylic acids is 1. The van der Waals surface area contributed by atoms with E-state index in [0.717, 1.165) is 12.1 Å². The van der Waals surface area contributed by atoms with Gasteiger partial charge in [0.15, 0.2) is 0 Å². The summed E-state index contributed by atoms with van der Waals surface area (Å²) in [5, 5.41) is 12.6. The van der Waals surface area contributed by atoms with Crippen LogP contribution in [0.2, 0.25) is 0 Å². The van der Waals surface area contributed by atoms with Crippen LogP contribution >= 0.6 is 0 Å². The Balaban J connectivity index is 1.65. The Kier molecular flexibility index (Phi) is 5.06. The highest BCUT2D eigenvalue weighted by molar-refractivity contribution is 5.96. The van der Waals surface area contributed by atoms with Gasteiger partial charge in [-0.15, -0.1) is 0 Å². The second-order valence-electron chi connectivity index (χ2n) is 8.03. The number of anilines is 1. The molecule has 2 aromatic rings. The minimum Gasteiger partial charge on any atom is -0.390 e. The number of aliphatic hydroxyl groups excluding tert-OH is 1. The van der Waals surface area contributed by atoms with Gasteiger partial charge >= 0.3 is 6.18 Å². The van der Waals surface area contributed by atoms with E-state index < -0.39 is 47.3 Å². The first kappa shape index (κ1) is 20.7. The third kappa shape index (κ3) is 3.79. The van der Waals surface area contributed by atoms with Crippen molar-refractivity contribution in [1.29, 1.82) is 0 Å². The van der Waals surface area contributed by atoms with Crippen molar-refractivity contribution >= 4 is 11.6 Å². The van der Waals surface area contributed by atoms with Crippen molar-refractivity contribution in [2.45, 2.75) is 50.7 Å². The zero-order valence-electron chi connectivity index (χ0n) is 16.0. The lowest BCUT2D eigenvalue weighted by atomic mass is 9.68. The zero-order valence-corrected chi connectivity index (χ0v) is 16.0. The molecule has 2 saturated heterocycles. The van der Waals surface area contributed by atoms with Crippen LogP contribution in [0.15, 0.2) is 36.5 Å². The molecule has 160 valence electrons. The van der Waals surface area contributed by atoms with Crippen LogP contribution in [0.25, 0.3) is 0 Å². The molecule has 1 aromatic heterocycles. The number of fused-ring (bicyclic) bond motifs is 2. The number of aryl methyl sites for hydroxylation is 1. The second kappa shape index (κ2) is 7.31. The third-order valence-electron chi connectivity index (χ3n) is 5.83.